The van der Waals surface area contributed by atoms with Crippen LogP contribution in [0.3, 0.4) is 0 Å². The molecule has 0 atom stereocenters. The number of rotatable bonds is 6. The van der Waals surface area contributed by atoms with Crippen molar-refractivity contribution in [2.45, 2.75) is 41.5 Å². The lowest BCUT2D eigenvalue weighted by Gasteiger charge is -2.13. The standard InChI is InChI=1S/C26H32N4O2/c1-8-23(28-21(6)29-24-16-17(2)14-15-25(24)32-7)18(3)19(4)27-20(5)30-26(31)22-12-10-9-11-13-22/h8-16H,1-7H3,(H,28,29)(H,27,30,31)/b19-18+,23-8-. The Kier molecular flexibility index (Phi) is 8.95. The molecule has 0 aromatic heterocycles. The number of methoxy groups -OCH3 is 1. The third kappa shape index (κ3) is 6.94. The fraction of sp³-hybridized carbons (Fsp3) is 0.269. The van der Waals surface area contributed by atoms with Gasteiger partial charge in [-0.1, -0.05) is 30.3 Å². The van der Waals surface area contributed by atoms with Crippen LogP contribution in [0.2, 0.25) is 0 Å². The van der Waals surface area contributed by atoms with Crippen LogP contribution in [0, 0.1) is 6.92 Å². The normalized spacial score (nSPS) is 13.4. The highest BCUT2D eigenvalue weighted by molar-refractivity contribution is 6.05. The number of amidine groups is 2. The van der Waals surface area contributed by atoms with Crippen molar-refractivity contribution in [2.75, 3.05) is 12.4 Å². The number of hydrogen-bond donors (Lipinski definition) is 2. The summed E-state index contributed by atoms with van der Waals surface area (Å²) in [5.74, 6) is 1.82. The van der Waals surface area contributed by atoms with Gasteiger partial charge in [-0.2, -0.15) is 0 Å². The summed E-state index contributed by atoms with van der Waals surface area (Å²) in [6.45, 7) is 11.5. The van der Waals surface area contributed by atoms with Crippen LogP contribution in [0.4, 0.5) is 5.69 Å². The molecule has 0 unspecified atom stereocenters. The van der Waals surface area contributed by atoms with Gasteiger partial charge in [0.05, 0.1) is 18.5 Å². The number of aryl methyl sites for hydroxylation is 1. The molecule has 0 heterocycles. The Balaban J connectivity index is 2.19. The fourth-order valence-electron chi connectivity index (χ4n) is 3.06. The summed E-state index contributed by atoms with van der Waals surface area (Å²) in [5.41, 5.74) is 5.06. The topological polar surface area (TPSA) is 75.1 Å². The first-order valence-electron chi connectivity index (χ1n) is 10.5. The Hall–Kier alpha value is -3.67. The van der Waals surface area contributed by atoms with Crippen LogP contribution in [-0.2, 0) is 0 Å². The number of carbonyl (C=O) groups is 1. The van der Waals surface area contributed by atoms with Gasteiger partial charge in [0, 0.05) is 11.3 Å². The number of nitrogens with zero attached hydrogens (tertiary/aromatic N) is 2. The van der Waals surface area contributed by atoms with E-state index in [4.69, 9.17) is 9.73 Å². The summed E-state index contributed by atoms with van der Waals surface area (Å²) >= 11 is 0. The van der Waals surface area contributed by atoms with E-state index in [1.807, 2.05) is 77.1 Å². The van der Waals surface area contributed by atoms with Crippen LogP contribution < -0.4 is 15.4 Å². The fourth-order valence-corrected chi connectivity index (χ4v) is 3.06. The minimum Gasteiger partial charge on any atom is -0.495 e. The lowest BCUT2D eigenvalue weighted by atomic mass is 10.1. The molecule has 0 spiro atoms. The van der Waals surface area contributed by atoms with Gasteiger partial charge in [-0.05, 0) is 76.9 Å². The molecule has 1 amide bonds. The van der Waals surface area contributed by atoms with Gasteiger partial charge in [-0.25, -0.2) is 9.98 Å². The Morgan fingerprint density at radius 1 is 0.969 bits per heavy atom. The highest BCUT2D eigenvalue weighted by Gasteiger charge is 2.08. The predicted molar refractivity (Wildman–Crippen MR) is 134 cm³/mol. The molecular weight excluding hydrogens is 400 g/mol. The van der Waals surface area contributed by atoms with Crippen molar-refractivity contribution in [3.63, 3.8) is 0 Å². The second-order valence-electron chi connectivity index (χ2n) is 7.43. The SMILES string of the molecule is C/C=C(N=C(C)Nc1cc(C)ccc1OC)/C(C)=C(\C)N=C(C)NC(=O)c1ccccc1. The maximum absolute atomic E-state index is 12.3. The summed E-state index contributed by atoms with van der Waals surface area (Å²) in [6, 6.07) is 15.0. The van der Waals surface area contributed by atoms with Crippen LogP contribution in [0.15, 0.2) is 81.6 Å². The molecule has 6 nitrogen and oxygen atoms in total. The molecule has 0 aliphatic carbocycles. The minimum atomic E-state index is -0.186. The minimum absolute atomic E-state index is 0.186. The van der Waals surface area contributed by atoms with Gasteiger partial charge < -0.3 is 15.4 Å². The summed E-state index contributed by atoms with van der Waals surface area (Å²) < 4.78 is 5.43. The van der Waals surface area contributed by atoms with Gasteiger partial charge in [0.1, 0.15) is 17.4 Å². The first-order valence-corrected chi connectivity index (χ1v) is 10.5. The van der Waals surface area contributed by atoms with Gasteiger partial charge in [-0.3, -0.25) is 4.79 Å². The molecule has 168 valence electrons. The molecule has 2 rings (SSSR count). The van der Waals surface area contributed by atoms with E-state index in [0.717, 1.165) is 39.8 Å². The van der Waals surface area contributed by atoms with Crippen LogP contribution >= 0.6 is 0 Å². The number of aliphatic imine (C=N–C) groups is 2. The monoisotopic (exact) mass is 432 g/mol. The molecule has 0 radical (unpaired) electrons. The van der Waals surface area contributed by atoms with Gasteiger partial charge in [0.2, 0.25) is 0 Å². The van der Waals surface area contributed by atoms with Crippen molar-refractivity contribution < 1.29 is 9.53 Å². The van der Waals surface area contributed by atoms with E-state index >= 15 is 0 Å². The third-order valence-electron chi connectivity index (χ3n) is 4.82. The Morgan fingerprint density at radius 3 is 2.28 bits per heavy atom. The van der Waals surface area contributed by atoms with E-state index in [-0.39, 0.29) is 5.91 Å². The average Bonchev–Trinajstić information content (AvgIpc) is 2.77. The van der Waals surface area contributed by atoms with E-state index in [2.05, 4.69) is 15.6 Å². The molecule has 0 fully saturated rings. The summed E-state index contributed by atoms with van der Waals surface area (Å²) in [5, 5.41) is 6.14. The number of allylic oxidation sites excluding steroid dienone is 3. The van der Waals surface area contributed by atoms with Crippen LogP contribution in [-0.4, -0.2) is 24.7 Å². The predicted octanol–water partition coefficient (Wildman–Crippen LogP) is 5.88. The number of benzene rings is 2. The van der Waals surface area contributed by atoms with E-state index in [0.29, 0.717) is 11.4 Å². The zero-order valence-corrected chi connectivity index (χ0v) is 19.9. The van der Waals surface area contributed by atoms with E-state index < -0.39 is 0 Å². The molecule has 2 aromatic rings. The van der Waals surface area contributed by atoms with E-state index in [9.17, 15) is 4.79 Å². The Bertz CT molecular complexity index is 1080. The number of anilines is 1. The quantitative estimate of drug-likeness (QED) is 0.340. The Morgan fingerprint density at radius 2 is 1.66 bits per heavy atom. The van der Waals surface area contributed by atoms with Gasteiger partial charge >= 0.3 is 0 Å². The number of ether oxygens (including phenoxy) is 1. The van der Waals surface area contributed by atoms with E-state index in [1.54, 1.807) is 26.2 Å². The second-order valence-corrected chi connectivity index (χ2v) is 7.43. The molecule has 2 aromatic carbocycles. The van der Waals surface area contributed by atoms with E-state index in [1.165, 1.54) is 0 Å². The number of carbonyl (C=O) groups excluding carboxylic acids is 1. The van der Waals surface area contributed by atoms with Crippen molar-refractivity contribution in [1.29, 1.82) is 0 Å². The molecule has 2 N–H and O–H groups in total. The summed E-state index contributed by atoms with van der Waals surface area (Å²) in [4.78, 5) is 21.6. The largest absolute Gasteiger partial charge is 0.495 e. The smallest absolute Gasteiger partial charge is 0.256 e. The number of nitrogens with one attached hydrogen (secondary N) is 2. The summed E-state index contributed by atoms with van der Waals surface area (Å²) in [6.07, 6.45) is 1.94. The molecular formula is C26H32N4O2. The first-order chi connectivity index (χ1) is 15.2. The van der Waals surface area contributed by atoms with Crippen LogP contribution in [0.1, 0.15) is 50.5 Å². The second kappa shape index (κ2) is 11.6. The van der Waals surface area contributed by atoms with Gasteiger partial charge in [-0.15, -0.1) is 0 Å². The average molecular weight is 433 g/mol. The lowest BCUT2D eigenvalue weighted by molar-refractivity contribution is 0.0977. The van der Waals surface area contributed by atoms with Crippen molar-refractivity contribution in [3.8, 4) is 5.75 Å². The highest BCUT2D eigenvalue weighted by atomic mass is 16.5. The zero-order chi connectivity index (χ0) is 23.7. The van der Waals surface area contributed by atoms with Crippen LogP contribution in [0.5, 0.6) is 5.75 Å². The molecule has 0 bridgehead atoms. The lowest BCUT2D eigenvalue weighted by Crippen LogP contribution is -2.28. The molecule has 0 aliphatic rings. The molecule has 6 heteroatoms. The van der Waals surface area contributed by atoms with Crippen LogP contribution in [0.25, 0.3) is 0 Å². The van der Waals surface area contributed by atoms with Gasteiger partial charge in [0.25, 0.3) is 5.91 Å². The molecule has 0 saturated heterocycles. The zero-order valence-electron chi connectivity index (χ0n) is 19.9. The van der Waals surface area contributed by atoms with Gasteiger partial charge in [0.15, 0.2) is 0 Å². The third-order valence-corrected chi connectivity index (χ3v) is 4.82. The molecule has 0 aliphatic heterocycles. The summed E-state index contributed by atoms with van der Waals surface area (Å²) in [7, 11) is 1.65. The number of hydrogen-bond acceptors (Lipinski definition) is 4. The van der Waals surface area contributed by atoms with Crippen molar-refractivity contribution >= 4 is 23.3 Å². The van der Waals surface area contributed by atoms with Crippen molar-refractivity contribution in [3.05, 3.63) is 82.7 Å². The Labute approximate surface area is 190 Å². The maximum atomic E-state index is 12.3. The molecule has 0 saturated carbocycles. The highest BCUT2D eigenvalue weighted by Crippen LogP contribution is 2.25. The number of amides is 1. The van der Waals surface area contributed by atoms with Crippen molar-refractivity contribution in [2.24, 2.45) is 9.98 Å². The maximum Gasteiger partial charge on any atom is 0.256 e. The molecule has 32 heavy (non-hydrogen) atoms. The van der Waals surface area contributed by atoms with Crippen molar-refractivity contribution in [1.82, 2.24) is 5.32 Å². The first kappa shape index (κ1) is 24.6.